The van der Waals surface area contributed by atoms with Crippen molar-refractivity contribution in [2.24, 2.45) is 0 Å². The van der Waals surface area contributed by atoms with Crippen LogP contribution in [0, 0.1) is 32.1 Å². The highest BCUT2D eigenvalue weighted by Gasteiger charge is 2.08. The minimum Gasteiger partial charge on any atom is -0.365 e. The van der Waals surface area contributed by atoms with Crippen LogP contribution in [0.2, 0.25) is 0 Å². The van der Waals surface area contributed by atoms with E-state index in [1.54, 1.807) is 6.20 Å². The molecular weight excluding hydrogens is 236 g/mol. The second kappa shape index (κ2) is 5.49. The van der Waals surface area contributed by atoms with E-state index in [1.165, 1.54) is 0 Å². The van der Waals surface area contributed by atoms with Gasteiger partial charge in [-0.15, -0.1) is 0 Å². The molecule has 1 N–H and O–H groups in total. The molecule has 0 fully saturated rings. The summed E-state index contributed by atoms with van der Waals surface area (Å²) in [5, 5.41) is 12.4. The highest BCUT2D eigenvalue weighted by molar-refractivity contribution is 5.56. The third-order valence-corrected chi connectivity index (χ3v) is 3.04. The van der Waals surface area contributed by atoms with Gasteiger partial charge in [-0.1, -0.05) is 0 Å². The maximum atomic E-state index is 9.20. The Labute approximate surface area is 113 Å². The zero-order valence-corrected chi connectivity index (χ0v) is 11.4. The first kappa shape index (κ1) is 13.0. The average molecular weight is 252 g/mol. The summed E-state index contributed by atoms with van der Waals surface area (Å²) in [4.78, 5) is 8.47. The number of nitrogens with zero attached hydrogens (tertiary/aromatic N) is 3. The van der Waals surface area contributed by atoms with Gasteiger partial charge in [0.25, 0.3) is 0 Å². The lowest BCUT2D eigenvalue weighted by atomic mass is 10.1. The summed E-state index contributed by atoms with van der Waals surface area (Å²) in [6.07, 6.45) is 3.60. The van der Waals surface area contributed by atoms with Crippen molar-refractivity contribution < 1.29 is 0 Å². The number of aryl methyl sites for hydroxylation is 3. The topological polar surface area (TPSA) is 61.6 Å². The van der Waals surface area contributed by atoms with Crippen molar-refractivity contribution in [1.82, 2.24) is 9.97 Å². The summed E-state index contributed by atoms with van der Waals surface area (Å²) in [6, 6.07) is 6.09. The summed E-state index contributed by atoms with van der Waals surface area (Å²) in [7, 11) is 0. The van der Waals surface area contributed by atoms with Crippen molar-refractivity contribution in [2.45, 2.75) is 27.3 Å². The number of aromatic nitrogens is 2. The molecule has 2 aromatic rings. The Morgan fingerprint density at radius 1 is 1.26 bits per heavy atom. The van der Waals surface area contributed by atoms with E-state index in [-0.39, 0.29) is 0 Å². The maximum absolute atomic E-state index is 9.20. The third-order valence-electron chi connectivity index (χ3n) is 3.04. The van der Waals surface area contributed by atoms with Gasteiger partial charge in [0, 0.05) is 24.6 Å². The summed E-state index contributed by atoms with van der Waals surface area (Å²) >= 11 is 0. The van der Waals surface area contributed by atoms with Crippen LogP contribution in [0.1, 0.15) is 27.9 Å². The van der Waals surface area contributed by atoms with Gasteiger partial charge < -0.3 is 5.32 Å². The van der Waals surface area contributed by atoms with E-state index >= 15 is 0 Å². The molecule has 2 rings (SSSR count). The molecule has 0 saturated carbocycles. The molecule has 2 aromatic heterocycles. The fraction of sp³-hybridized carbons (Fsp3) is 0.267. The predicted molar refractivity (Wildman–Crippen MR) is 74.7 cm³/mol. The summed E-state index contributed by atoms with van der Waals surface area (Å²) in [6.45, 7) is 6.51. The number of pyridine rings is 2. The van der Waals surface area contributed by atoms with Crippen LogP contribution in [0.25, 0.3) is 0 Å². The Bertz CT molecular complexity index is 641. The molecular formula is C15H16N4. The largest absolute Gasteiger partial charge is 0.365 e. The van der Waals surface area contributed by atoms with Crippen LogP contribution in [-0.2, 0) is 6.54 Å². The normalized spacial score (nSPS) is 10.0. The van der Waals surface area contributed by atoms with Gasteiger partial charge in [-0.2, -0.15) is 5.26 Å². The molecule has 2 heterocycles. The molecule has 19 heavy (non-hydrogen) atoms. The van der Waals surface area contributed by atoms with E-state index in [0.717, 1.165) is 22.4 Å². The Hall–Kier alpha value is -2.41. The molecule has 0 aliphatic carbocycles. The highest BCUT2D eigenvalue weighted by atomic mass is 15.0. The Morgan fingerprint density at radius 3 is 2.74 bits per heavy atom. The molecule has 4 nitrogen and oxygen atoms in total. The van der Waals surface area contributed by atoms with E-state index in [9.17, 15) is 5.26 Å². The zero-order chi connectivity index (χ0) is 13.8. The molecule has 96 valence electrons. The van der Waals surface area contributed by atoms with Crippen LogP contribution < -0.4 is 5.32 Å². The first-order valence-corrected chi connectivity index (χ1v) is 6.13. The van der Waals surface area contributed by atoms with Crippen LogP contribution >= 0.6 is 0 Å². The lowest BCUT2D eigenvalue weighted by molar-refractivity contribution is 1.05. The van der Waals surface area contributed by atoms with Gasteiger partial charge in [-0.05, 0) is 49.6 Å². The minimum atomic E-state index is 0.609. The van der Waals surface area contributed by atoms with Crippen LogP contribution in [0.15, 0.2) is 24.5 Å². The Kier molecular flexibility index (Phi) is 3.76. The monoisotopic (exact) mass is 252 g/mol. The van der Waals surface area contributed by atoms with Gasteiger partial charge in [0.15, 0.2) is 0 Å². The van der Waals surface area contributed by atoms with Crippen LogP contribution in [-0.4, -0.2) is 9.97 Å². The number of nitriles is 1. The molecule has 0 aliphatic heterocycles. The van der Waals surface area contributed by atoms with Crippen LogP contribution in [0.4, 0.5) is 5.82 Å². The maximum Gasteiger partial charge on any atom is 0.144 e. The number of anilines is 1. The van der Waals surface area contributed by atoms with Gasteiger partial charge >= 0.3 is 0 Å². The number of nitrogens with one attached hydrogen (secondary N) is 1. The Morgan fingerprint density at radius 2 is 2.05 bits per heavy atom. The van der Waals surface area contributed by atoms with E-state index in [1.807, 2.05) is 39.1 Å². The molecule has 0 radical (unpaired) electrons. The number of hydrogen-bond acceptors (Lipinski definition) is 4. The summed E-state index contributed by atoms with van der Waals surface area (Å²) < 4.78 is 0. The van der Waals surface area contributed by atoms with E-state index in [0.29, 0.717) is 17.9 Å². The fourth-order valence-corrected chi connectivity index (χ4v) is 1.99. The van der Waals surface area contributed by atoms with Crippen molar-refractivity contribution in [3.8, 4) is 6.07 Å². The standard InChI is InChI=1S/C15H16N4/c1-10-6-12(3)19-15(14(10)7-16)18-9-13-4-5-17-8-11(13)2/h4-6,8H,9H2,1-3H3,(H,18,19). The Balaban J connectivity index is 2.25. The molecule has 0 aliphatic rings. The molecule has 0 aromatic carbocycles. The smallest absolute Gasteiger partial charge is 0.144 e. The highest BCUT2D eigenvalue weighted by Crippen LogP contribution is 2.18. The zero-order valence-electron chi connectivity index (χ0n) is 11.4. The SMILES string of the molecule is Cc1cc(C)c(C#N)c(NCc2ccncc2C)n1. The summed E-state index contributed by atoms with van der Waals surface area (Å²) in [5.41, 5.74) is 4.74. The van der Waals surface area contributed by atoms with E-state index in [2.05, 4.69) is 21.4 Å². The first-order chi connectivity index (χ1) is 9.11. The van der Waals surface area contributed by atoms with Crippen molar-refractivity contribution in [1.29, 1.82) is 5.26 Å². The molecule has 0 bridgehead atoms. The van der Waals surface area contributed by atoms with Crippen molar-refractivity contribution >= 4 is 5.82 Å². The fourth-order valence-electron chi connectivity index (χ4n) is 1.99. The van der Waals surface area contributed by atoms with Gasteiger partial charge in [-0.25, -0.2) is 4.98 Å². The number of hydrogen-bond donors (Lipinski definition) is 1. The van der Waals surface area contributed by atoms with E-state index < -0.39 is 0 Å². The quantitative estimate of drug-likeness (QED) is 0.912. The molecule has 0 amide bonds. The van der Waals surface area contributed by atoms with Gasteiger partial charge in [0.2, 0.25) is 0 Å². The lowest BCUT2D eigenvalue weighted by Crippen LogP contribution is -2.06. The minimum absolute atomic E-state index is 0.609. The second-order valence-electron chi connectivity index (χ2n) is 4.57. The molecule has 0 saturated heterocycles. The van der Waals surface area contributed by atoms with Crippen molar-refractivity contribution in [3.63, 3.8) is 0 Å². The van der Waals surface area contributed by atoms with Gasteiger partial charge in [-0.3, -0.25) is 4.98 Å². The molecule has 4 heteroatoms. The predicted octanol–water partition coefficient (Wildman–Crippen LogP) is 2.89. The second-order valence-corrected chi connectivity index (χ2v) is 4.57. The van der Waals surface area contributed by atoms with Crippen LogP contribution in [0.3, 0.4) is 0 Å². The third kappa shape index (κ3) is 2.89. The van der Waals surface area contributed by atoms with E-state index in [4.69, 9.17) is 0 Å². The lowest BCUT2D eigenvalue weighted by Gasteiger charge is -2.11. The number of rotatable bonds is 3. The van der Waals surface area contributed by atoms with Crippen molar-refractivity contribution in [3.05, 3.63) is 52.5 Å². The molecule has 0 atom stereocenters. The van der Waals surface area contributed by atoms with Crippen molar-refractivity contribution in [2.75, 3.05) is 5.32 Å². The summed E-state index contributed by atoms with van der Waals surface area (Å²) in [5.74, 6) is 0.649. The van der Waals surface area contributed by atoms with Gasteiger partial charge in [0.1, 0.15) is 11.9 Å². The average Bonchev–Trinajstić information content (AvgIpc) is 2.37. The first-order valence-electron chi connectivity index (χ1n) is 6.13. The van der Waals surface area contributed by atoms with Crippen LogP contribution in [0.5, 0.6) is 0 Å². The molecule has 0 unspecified atom stereocenters. The molecule has 0 spiro atoms. The van der Waals surface area contributed by atoms with Gasteiger partial charge in [0.05, 0.1) is 5.56 Å².